The number of nitrogens with zero attached hydrogens (tertiary/aromatic N) is 4. The Balaban J connectivity index is 1.59. The van der Waals surface area contributed by atoms with Crippen LogP contribution in [0, 0.1) is 0 Å². The standard InChI is InChI=1S/C21H23ClN4O5S/c1-14(30-18-11-9-17(10-12-18)26(3)32(4,28)29)21(27)25(2)13-19-23-20(24-31-19)15-5-7-16(22)8-6-15/h5-12,14H,13H2,1-4H3/t14-/m0/s1. The minimum absolute atomic E-state index is 0.116. The summed E-state index contributed by atoms with van der Waals surface area (Å²) in [5.41, 5.74) is 1.24. The van der Waals surface area contributed by atoms with Crippen molar-refractivity contribution < 1.29 is 22.5 Å². The quantitative estimate of drug-likeness (QED) is 0.489. The average molecular weight is 479 g/mol. The molecule has 9 nitrogen and oxygen atoms in total. The maximum absolute atomic E-state index is 12.7. The summed E-state index contributed by atoms with van der Waals surface area (Å²) in [5.74, 6) is 0.841. The first kappa shape index (κ1) is 23.6. The number of aromatic nitrogens is 2. The van der Waals surface area contributed by atoms with E-state index in [1.807, 2.05) is 0 Å². The molecular weight excluding hydrogens is 456 g/mol. The predicted molar refractivity (Wildman–Crippen MR) is 121 cm³/mol. The second kappa shape index (κ2) is 9.58. The van der Waals surface area contributed by atoms with Crippen LogP contribution in [0.2, 0.25) is 5.02 Å². The minimum Gasteiger partial charge on any atom is -0.481 e. The molecule has 170 valence electrons. The molecule has 0 saturated heterocycles. The molecule has 0 saturated carbocycles. The second-order valence-electron chi connectivity index (χ2n) is 7.20. The molecule has 0 spiro atoms. The smallest absolute Gasteiger partial charge is 0.263 e. The van der Waals surface area contributed by atoms with E-state index in [-0.39, 0.29) is 18.3 Å². The molecule has 0 N–H and O–H groups in total. The van der Waals surface area contributed by atoms with Crippen molar-refractivity contribution in [1.82, 2.24) is 15.0 Å². The number of carbonyl (C=O) groups is 1. The molecule has 0 unspecified atom stereocenters. The molecule has 1 aromatic heterocycles. The van der Waals surface area contributed by atoms with Gasteiger partial charge in [-0.15, -0.1) is 0 Å². The molecule has 1 amide bonds. The fraction of sp³-hybridized carbons (Fsp3) is 0.286. The van der Waals surface area contributed by atoms with Gasteiger partial charge in [0.05, 0.1) is 18.5 Å². The van der Waals surface area contributed by atoms with Gasteiger partial charge in [-0.25, -0.2) is 8.42 Å². The van der Waals surface area contributed by atoms with Gasteiger partial charge < -0.3 is 14.2 Å². The lowest BCUT2D eigenvalue weighted by molar-refractivity contribution is -0.137. The van der Waals surface area contributed by atoms with Gasteiger partial charge in [0.1, 0.15) is 5.75 Å². The molecule has 0 aliphatic heterocycles. The number of hydrogen-bond acceptors (Lipinski definition) is 7. The highest BCUT2D eigenvalue weighted by atomic mass is 35.5. The van der Waals surface area contributed by atoms with Crippen LogP contribution in [-0.2, 0) is 21.4 Å². The Kier molecular flexibility index (Phi) is 7.05. The van der Waals surface area contributed by atoms with E-state index in [0.29, 0.717) is 22.3 Å². The monoisotopic (exact) mass is 478 g/mol. The summed E-state index contributed by atoms with van der Waals surface area (Å²) in [5, 5.41) is 4.54. The highest BCUT2D eigenvalue weighted by Crippen LogP contribution is 2.22. The summed E-state index contributed by atoms with van der Waals surface area (Å²) in [6.07, 6.45) is 0.340. The fourth-order valence-corrected chi connectivity index (χ4v) is 3.44. The number of carbonyl (C=O) groups excluding carboxylic acids is 1. The van der Waals surface area contributed by atoms with E-state index in [1.165, 1.54) is 11.9 Å². The van der Waals surface area contributed by atoms with Crippen LogP contribution < -0.4 is 9.04 Å². The summed E-state index contributed by atoms with van der Waals surface area (Å²) < 4.78 is 35.4. The summed E-state index contributed by atoms with van der Waals surface area (Å²) >= 11 is 5.89. The van der Waals surface area contributed by atoms with Gasteiger partial charge in [0.25, 0.3) is 5.91 Å². The van der Waals surface area contributed by atoms with E-state index in [1.54, 1.807) is 62.5 Å². The van der Waals surface area contributed by atoms with E-state index < -0.39 is 16.1 Å². The normalized spacial score (nSPS) is 12.3. The fourth-order valence-electron chi connectivity index (χ4n) is 2.81. The minimum atomic E-state index is -3.36. The summed E-state index contributed by atoms with van der Waals surface area (Å²) in [6.45, 7) is 1.74. The first-order valence-electron chi connectivity index (χ1n) is 9.58. The Morgan fingerprint density at radius 3 is 2.34 bits per heavy atom. The second-order valence-corrected chi connectivity index (χ2v) is 9.65. The van der Waals surface area contributed by atoms with Gasteiger partial charge in [-0.3, -0.25) is 9.10 Å². The third-order valence-electron chi connectivity index (χ3n) is 4.68. The first-order chi connectivity index (χ1) is 15.0. The summed E-state index contributed by atoms with van der Waals surface area (Å²) in [4.78, 5) is 18.4. The van der Waals surface area contributed by atoms with Crippen LogP contribution in [0.25, 0.3) is 11.4 Å². The first-order valence-corrected chi connectivity index (χ1v) is 11.8. The Morgan fingerprint density at radius 2 is 1.75 bits per heavy atom. The number of likely N-dealkylation sites (N-methyl/N-ethyl adjacent to an activating group) is 1. The van der Waals surface area contributed by atoms with E-state index >= 15 is 0 Å². The Bertz CT molecular complexity index is 1180. The number of sulfonamides is 1. The Morgan fingerprint density at radius 1 is 1.12 bits per heavy atom. The number of halogens is 1. The topological polar surface area (TPSA) is 106 Å². The highest BCUT2D eigenvalue weighted by molar-refractivity contribution is 7.92. The molecule has 3 aromatic rings. The van der Waals surface area contributed by atoms with Gasteiger partial charge in [-0.2, -0.15) is 4.98 Å². The number of rotatable bonds is 8. The van der Waals surface area contributed by atoms with Crippen molar-refractivity contribution in [1.29, 1.82) is 0 Å². The van der Waals surface area contributed by atoms with Crippen molar-refractivity contribution in [3.05, 3.63) is 59.4 Å². The predicted octanol–water partition coefficient (Wildman–Crippen LogP) is 3.21. The van der Waals surface area contributed by atoms with Crippen LogP contribution in [-0.4, -0.2) is 55.8 Å². The molecule has 3 rings (SSSR count). The van der Waals surface area contributed by atoms with Crippen LogP contribution >= 0.6 is 11.6 Å². The maximum atomic E-state index is 12.7. The molecule has 0 aliphatic rings. The van der Waals surface area contributed by atoms with E-state index in [0.717, 1.165) is 16.1 Å². The average Bonchev–Trinajstić information content (AvgIpc) is 3.21. The van der Waals surface area contributed by atoms with Crippen LogP contribution in [0.4, 0.5) is 5.69 Å². The number of anilines is 1. The Labute approximate surface area is 191 Å². The van der Waals surface area contributed by atoms with E-state index in [4.69, 9.17) is 20.9 Å². The molecule has 0 radical (unpaired) electrons. The zero-order valence-corrected chi connectivity index (χ0v) is 19.6. The Hall–Kier alpha value is -3.11. The maximum Gasteiger partial charge on any atom is 0.263 e. The molecule has 2 aromatic carbocycles. The van der Waals surface area contributed by atoms with Crippen LogP contribution in [0.15, 0.2) is 53.1 Å². The molecule has 0 bridgehead atoms. The van der Waals surface area contributed by atoms with E-state index in [2.05, 4.69) is 10.1 Å². The molecule has 0 fully saturated rings. The van der Waals surface area contributed by atoms with E-state index in [9.17, 15) is 13.2 Å². The number of benzene rings is 2. The lowest BCUT2D eigenvalue weighted by Gasteiger charge is -2.21. The van der Waals surface area contributed by atoms with Crippen molar-refractivity contribution in [3.63, 3.8) is 0 Å². The molecular formula is C21H23ClN4O5S. The zero-order valence-electron chi connectivity index (χ0n) is 18.0. The van der Waals surface area contributed by atoms with Crippen LogP contribution in [0.1, 0.15) is 12.8 Å². The summed E-state index contributed by atoms with van der Waals surface area (Å²) in [7, 11) is -0.288. The summed E-state index contributed by atoms with van der Waals surface area (Å²) in [6, 6.07) is 13.4. The van der Waals surface area contributed by atoms with Gasteiger partial charge in [0, 0.05) is 24.7 Å². The highest BCUT2D eigenvalue weighted by Gasteiger charge is 2.22. The molecule has 11 heteroatoms. The molecule has 0 aliphatic carbocycles. The number of amides is 1. The third-order valence-corrected chi connectivity index (χ3v) is 6.14. The zero-order chi connectivity index (χ0) is 23.5. The van der Waals surface area contributed by atoms with Crippen molar-refractivity contribution in [2.24, 2.45) is 0 Å². The van der Waals surface area contributed by atoms with Crippen LogP contribution in [0.5, 0.6) is 5.75 Å². The van der Waals surface area contributed by atoms with Crippen LogP contribution in [0.3, 0.4) is 0 Å². The SMILES string of the molecule is C[C@H](Oc1ccc(N(C)S(C)(=O)=O)cc1)C(=O)N(C)Cc1nc(-c2ccc(Cl)cc2)no1. The van der Waals surface area contributed by atoms with Crippen molar-refractivity contribution in [2.45, 2.75) is 19.6 Å². The van der Waals surface area contributed by atoms with Crippen molar-refractivity contribution >= 4 is 33.2 Å². The molecule has 32 heavy (non-hydrogen) atoms. The third kappa shape index (κ3) is 5.77. The largest absolute Gasteiger partial charge is 0.481 e. The molecule has 1 atom stereocenters. The van der Waals surface area contributed by atoms with Gasteiger partial charge in [0.2, 0.25) is 21.7 Å². The van der Waals surface area contributed by atoms with Crippen molar-refractivity contribution in [2.75, 3.05) is 24.7 Å². The lowest BCUT2D eigenvalue weighted by Crippen LogP contribution is -2.37. The van der Waals surface area contributed by atoms with Gasteiger partial charge in [-0.05, 0) is 55.5 Å². The van der Waals surface area contributed by atoms with Gasteiger partial charge >= 0.3 is 0 Å². The number of hydrogen-bond donors (Lipinski definition) is 0. The van der Waals surface area contributed by atoms with Gasteiger partial charge in [-0.1, -0.05) is 16.8 Å². The van der Waals surface area contributed by atoms with Gasteiger partial charge in [0.15, 0.2) is 6.10 Å². The lowest BCUT2D eigenvalue weighted by atomic mass is 10.2. The number of ether oxygens (including phenoxy) is 1. The van der Waals surface area contributed by atoms with Crippen molar-refractivity contribution in [3.8, 4) is 17.1 Å². The molecule has 1 heterocycles.